The van der Waals surface area contributed by atoms with Crippen molar-refractivity contribution in [3.63, 3.8) is 0 Å². The highest BCUT2D eigenvalue weighted by molar-refractivity contribution is 6.30. The zero-order chi connectivity index (χ0) is 11.7. The summed E-state index contributed by atoms with van der Waals surface area (Å²) in [4.78, 5) is 8.72. The zero-order valence-corrected chi connectivity index (χ0v) is 10.3. The Morgan fingerprint density at radius 2 is 2.00 bits per heavy atom. The van der Waals surface area contributed by atoms with Gasteiger partial charge in [0, 0.05) is 0 Å². The number of aryl methyl sites for hydroxylation is 2. The standard InChI is InChI=1S/C12H13ClN2O/c1-4-16-10-6-7(2)5-9-11(10)14-8(3)12(13)15-9/h5-6H,4H2,1-3H3. The van der Waals surface area contributed by atoms with Gasteiger partial charge >= 0.3 is 0 Å². The molecule has 1 aromatic heterocycles. The van der Waals surface area contributed by atoms with Crippen LogP contribution in [0.15, 0.2) is 12.1 Å². The molecule has 0 N–H and O–H groups in total. The van der Waals surface area contributed by atoms with Crippen molar-refractivity contribution in [2.24, 2.45) is 0 Å². The number of halogens is 1. The number of hydrogen-bond donors (Lipinski definition) is 0. The molecule has 2 aromatic rings. The summed E-state index contributed by atoms with van der Waals surface area (Å²) in [6, 6.07) is 3.92. The van der Waals surface area contributed by atoms with Crippen molar-refractivity contribution in [2.75, 3.05) is 6.61 Å². The van der Waals surface area contributed by atoms with E-state index in [0.29, 0.717) is 11.8 Å². The molecule has 0 aliphatic carbocycles. The summed E-state index contributed by atoms with van der Waals surface area (Å²) >= 11 is 5.95. The van der Waals surface area contributed by atoms with Crippen LogP contribution in [0.4, 0.5) is 0 Å². The molecule has 0 saturated heterocycles. The van der Waals surface area contributed by atoms with Gasteiger partial charge in [-0.15, -0.1) is 0 Å². The van der Waals surface area contributed by atoms with E-state index < -0.39 is 0 Å². The number of fused-ring (bicyclic) bond motifs is 1. The third kappa shape index (κ3) is 1.95. The highest BCUT2D eigenvalue weighted by atomic mass is 35.5. The monoisotopic (exact) mass is 236 g/mol. The lowest BCUT2D eigenvalue weighted by molar-refractivity contribution is 0.343. The average molecular weight is 237 g/mol. The van der Waals surface area contributed by atoms with Crippen LogP contribution in [0.3, 0.4) is 0 Å². The first kappa shape index (κ1) is 11.1. The van der Waals surface area contributed by atoms with Crippen LogP contribution in [0.5, 0.6) is 5.75 Å². The molecular formula is C12H13ClN2O. The summed E-state index contributed by atoms with van der Waals surface area (Å²) in [5.41, 5.74) is 3.36. The zero-order valence-electron chi connectivity index (χ0n) is 9.54. The Kier molecular flexibility index (Phi) is 2.97. The Balaban J connectivity index is 2.74. The fourth-order valence-corrected chi connectivity index (χ4v) is 1.72. The van der Waals surface area contributed by atoms with Crippen LogP contribution in [0, 0.1) is 13.8 Å². The van der Waals surface area contributed by atoms with E-state index in [1.807, 2.05) is 32.9 Å². The Labute approximate surface area is 99.4 Å². The van der Waals surface area contributed by atoms with Crippen molar-refractivity contribution < 1.29 is 4.74 Å². The quantitative estimate of drug-likeness (QED) is 0.803. The van der Waals surface area contributed by atoms with E-state index in [1.54, 1.807) is 0 Å². The molecule has 0 aliphatic rings. The van der Waals surface area contributed by atoms with Crippen molar-refractivity contribution in [1.29, 1.82) is 0 Å². The molecule has 0 unspecified atom stereocenters. The second-order valence-corrected chi connectivity index (χ2v) is 4.02. The molecule has 4 heteroatoms. The molecule has 16 heavy (non-hydrogen) atoms. The minimum absolute atomic E-state index is 0.445. The highest BCUT2D eigenvalue weighted by Gasteiger charge is 2.09. The van der Waals surface area contributed by atoms with E-state index in [4.69, 9.17) is 16.3 Å². The summed E-state index contributed by atoms with van der Waals surface area (Å²) in [6.45, 7) is 6.40. The molecule has 1 aromatic carbocycles. The molecule has 84 valence electrons. The topological polar surface area (TPSA) is 35.0 Å². The predicted octanol–water partition coefficient (Wildman–Crippen LogP) is 3.30. The van der Waals surface area contributed by atoms with Gasteiger partial charge < -0.3 is 4.74 Å². The molecule has 3 nitrogen and oxygen atoms in total. The Morgan fingerprint density at radius 1 is 1.25 bits per heavy atom. The summed E-state index contributed by atoms with van der Waals surface area (Å²) in [6.07, 6.45) is 0. The van der Waals surface area contributed by atoms with Crippen LogP contribution in [0.1, 0.15) is 18.2 Å². The Bertz CT molecular complexity index is 540. The number of nitrogens with zero attached hydrogens (tertiary/aromatic N) is 2. The van der Waals surface area contributed by atoms with Crippen LogP contribution in [0.25, 0.3) is 11.0 Å². The van der Waals surface area contributed by atoms with Crippen molar-refractivity contribution in [3.8, 4) is 5.75 Å². The summed E-state index contributed by atoms with van der Waals surface area (Å²) in [7, 11) is 0. The van der Waals surface area contributed by atoms with E-state index in [2.05, 4.69) is 9.97 Å². The van der Waals surface area contributed by atoms with Crippen LogP contribution in [-0.2, 0) is 0 Å². The maximum absolute atomic E-state index is 5.95. The molecule has 0 atom stereocenters. The van der Waals surface area contributed by atoms with Crippen molar-refractivity contribution in [1.82, 2.24) is 9.97 Å². The van der Waals surface area contributed by atoms with Gasteiger partial charge in [-0.3, -0.25) is 0 Å². The lowest BCUT2D eigenvalue weighted by Gasteiger charge is -2.09. The van der Waals surface area contributed by atoms with Crippen molar-refractivity contribution >= 4 is 22.6 Å². The van der Waals surface area contributed by atoms with Gasteiger partial charge in [-0.2, -0.15) is 0 Å². The SMILES string of the molecule is CCOc1cc(C)cc2nc(Cl)c(C)nc12. The van der Waals surface area contributed by atoms with E-state index in [-0.39, 0.29) is 0 Å². The van der Waals surface area contributed by atoms with Gasteiger partial charge in [-0.25, -0.2) is 9.97 Å². The smallest absolute Gasteiger partial charge is 0.150 e. The normalized spacial score (nSPS) is 10.8. The first-order valence-electron chi connectivity index (χ1n) is 5.19. The molecule has 0 radical (unpaired) electrons. The number of aromatic nitrogens is 2. The number of benzene rings is 1. The molecule has 0 bridgehead atoms. The minimum atomic E-state index is 0.445. The molecule has 0 aliphatic heterocycles. The largest absolute Gasteiger partial charge is 0.492 e. The molecule has 0 fully saturated rings. The number of ether oxygens (including phenoxy) is 1. The Hall–Kier alpha value is -1.35. The first-order chi connectivity index (χ1) is 7.61. The van der Waals surface area contributed by atoms with Gasteiger partial charge in [-0.1, -0.05) is 11.6 Å². The van der Waals surface area contributed by atoms with Gasteiger partial charge in [0.15, 0.2) is 5.15 Å². The van der Waals surface area contributed by atoms with Crippen LogP contribution < -0.4 is 4.74 Å². The van der Waals surface area contributed by atoms with E-state index in [1.165, 1.54) is 0 Å². The van der Waals surface area contributed by atoms with Crippen molar-refractivity contribution in [2.45, 2.75) is 20.8 Å². The third-order valence-corrected chi connectivity index (χ3v) is 2.65. The highest BCUT2D eigenvalue weighted by Crippen LogP contribution is 2.26. The second-order valence-electron chi connectivity index (χ2n) is 3.66. The fourth-order valence-electron chi connectivity index (χ4n) is 1.59. The minimum Gasteiger partial charge on any atom is -0.492 e. The van der Waals surface area contributed by atoms with Gasteiger partial charge in [0.1, 0.15) is 11.3 Å². The first-order valence-corrected chi connectivity index (χ1v) is 5.57. The second kappa shape index (κ2) is 4.26. The maximum atomic E-state index is 5.95. The van der Waals surface area contributed by atoms with E-state index in [0.717, 1.165) is 28.0 Å². The fraction of sp³-hybridized carbons (Fsp3) is 0.333. The third-order valence-electron chi connectivity index (χ3n) is 2.30. The molecule has 0 amide bonds. The van der Waals surface area contributed by atoms with Gasteiger partial charge in [0.2, 0.25) is 0 Å². The lowest BCUT2D eigenvalue weighted by Crippen LogP contribution is -1.97. The summed E-state index contributed by atoms with van der Waals surface area (Å²) in [5, 5.41) is 0.445. The van der Waals surface area contributed by atoms with E-state index in [9.17, 15) is 0 Å². The maximum Gasteiger partial charge on any atom is 0.150 e. The summed E-state index contributed by atoms with van der Waals surface area (Å²) < 4.78 is 5.55. The molecule has 1 heterocycles. The predicted molar refractivity (Wildman–Crippen MR) is 65.2 cm³/mol. The Morgan fingerprint density at radius 3 is 2.69 bits per heavy atom. The summed E-state index contributed by atoms with van der Waals surface area (Å²) in [5.74, 6) is 0.768. The van der Waals surface area contributed by atoms with Crippen LogP contribution in [0.2, 0.25) is 5.15 Å². The number of rotatable bonds is 2. The van der Waals surface area contributed by atoms with Gasteiger partial charge in [0.05, 0.1) is 17.8 Å². The molecule has 2 rings (SSSR count). The lowest BCUT2D eigenvalue weighted by atomic mass is 10.2. The molecule has 0 saturated carbocycles. The molecule has 0 spiro atoms. The van der Waals surface area contributed by atoms with Gasteiger partial charge in [-0.05, 0) is 38.5 Å². The average Bonchev–Trinajstić information content (AvgIpc) is 2.21. The van der Waals surface area contributed by atoms with Crippen molar-refractivity contribution in [3.05, 3.63) is 28.5 Å². The molecular weight excluding hydrogens is 224 g/mol. The van der Waals surface area contributed by atoms with Gasteiger partial charge in [0.25, 0.3) is 0 Å². The van der Waals surface area contributed by atoms with Crippen LogP contribution in [-0.4, -0.2) is 16.6 Å². The van der Waals surface area contributed by atoms with E-state index >= 15 is 0 Å². The van der Waals surface area contributed by atoms with Crippen LogP contribution >= 0.6 is 11.6 Å². The number of hydrogen-bond acceptors (Lipinski definition) is 3.